The molecule has 1 aromatic heterocycles. The van der Waals surface area contributed by atoms with E-state index in [1.165, 1.54) is 57.8 Å². The van der Waals surface area contributed by atoms with Crippen molar-refractivity contribution < 1.29 is 14.7 Å². The topological polar surface area (TPSA) is 83.8 Å². The maximum absolute atomic E-state index is 11.2. The molecule has 6 heteroatoms. The molecule has 31 heavy (non-hydrogen) atoms. The standard InChI is InChI=1S/C25H35N3O3/c1-2-3-4-5-6-7-8-9-10-11-19-31-23-16-14-22(15-17-23)27-25(28-30)24-21(20-29)13-12-18-26-24/h12-18,20,30H,2-11,19H2,1H3,(H,27,28). The Bertz CT molecular complexity index is 791. The lowest BCUT2D eigenvalue weighted by molar-refractivity contribution is 0.112. The quantitative estimate of drug-likeness (QED) is 0.116. The third-order valence-electron chi connectivity index (χ3n) is 5.14. The number of nitrogens with zero attached hydrogens (tertiary/aromatic N) is 2. The Labute approximate surface area is 185 Å². The van der Waals surface area contributed by atoms with Gasteiger partial charge in [0.2, 0.25) is 0 Å². The lowest BCUT2D eigenvalue weighted by atomic mass is 10.1. The van der Waals surface area contributed by atoms with Gasteiger partial charge in [-0.1, -0.05) is 64.7 Å². The van der Waals surface area contributed by atoms with Gasteiger partial charge >= 0.3 is 0 Å². The SMILES string of the molecule is CCCCCCCCCCCCOc1ccc(N=C(NO)c2ncccc2C=O)cc1. The number of pyridine rings is 1. The number of unbranched alkanes of at least 4 members (excludes halogenated alkanes) is 9. The number of aldehydes is 1. The molecular weight excluding hydrogens is 390 g/mol. The van der Waals surface area contributed by atoms with Crippen LogP contribution < -0.4 is 10.2 Å². The second kappa shape index (κ2) is 15.1. The van der Waals surface area contributed by atoms with Crippen LogP contribution in [-0.2, 0) is 0 Å². The second-order valence-corrected chi connectivity index (χ2v) is 7.66. The summed E-state index contributed by atoms with van der Waals surface area (Å²) in [5.41, 5.74) is 3.28. The molecule has 6 nitrogen and oxygen atoms in total. The Morgan fingerprint density at radius 1 is 1.00 bits per heavy atom. The molecule has 168 valence electrons. The molecule has 0 unspecified atom stereocenters. The smallest absolute Gasteiger partial charge is 0.177 e. The van der Waals surface area contributed by atoms with Gasteiger partial charge in [-0.15, -0.1) is 0 Å². The van der Waals surface area contributed by atoms with Gasteiger partial charge in [0.15, 0.2) is 12.1 Å². The van der Waals surface area contributed by atoms with Gasteiger partial charge in [0.1, 0.15) is 11.4 Å². The molecule has 2 N–H and O–H groups in total. The molecule has 0 aliphatic heterocycles. The second-order valence-electron chi connectivity index (χ2n) is 7.66. The summed E-state index contributed by atoms with van der Waals surface area (Å²) in [6.07, 6.45) is 15.2. The Hall–Kier alpha value is -2.73. The van der Waals surface area contributed by atoms with Crippen LogP contribution in [0.5, 0.6) is 5.75 Å². The van der Waals surface area contributed by atoms with Gasteiger partial charge in [-0.25, -0.2) is 4.99 Å². The molecular formula is C25H35N3O3. The minimum Gasteiger partial charge on any atom is -0.494 e. The van der Waals surface area contributed by atoms with E-state index >= 15 is 0 Å². The highest BCUT2D eigenvalue weighted by atomic mass is 16.5. The first kappa shape index (κ1) is 24.5. The van der Waals surface area contributed by atoms with E-state index in [0.717, 1.165) is 12.2 Å². The predicted molar refractivity (Wildman–Crippen MR) is 125 cm³/mol. The molecule has 0 amide bonds. The molecule has 0 aliphatic rings. The Balaban J connectivity index is 1.71. The number of hydrogen-bond donors (Lipinski definition) is 2. The lowest BCUT2D eigenvalue weighted by Crippen LogP contribution is -2.22. The van der Waals surface area contributed by atoms with Crippen LogP contribution in [0.25, 0.3) is 0 Å². The Morgan fingerprint density at radius 3 is 2.26 bits per heavy atom. The highest BCUT2D eigenvalue weighted by molar-refractivity contribution is 6.03. The van der Waals surface area contributed by atoms with E-state index < -0.39 is 0 Å². The summed E-state index contributed by atoms with van der Waals surface area (Å²) in [6.45, 7) is 2.96. The first-order valence-electron chi connectivity index (χ1n) is 11.4. The van der Waals surface area contributed by atoms with E-state index in [2.05, 4.69) is 16.9 Å². The number of carbonyl (C=O) groups is 1. The summed E-state index contributed by atoms with van der Waals surface area (Å²) in [7, 11) is 0. The third-order valence-corrected chi connectivity index (χ3v) is 5.14. The van der Waals surface area contributed by atoms with Crippen molar-refractivity contribution in [2.45, 2.75) is 71.1 Å². The summed E-state index contributed by atoms with van der Waals surface area (Å²) >= 11 is 0. The van der Waals surface area contributed by atoms with Crippen LogP contribution in [0.15, 0.2) is 47.6 Å². The zero-order valence-corrected chi connectivity index (χ0v) is 18.6. The van der Waals surface area contributed by atoms with E-state index in [-0.39, 0.29) is 5.84 Å². The number of ether oxygens (including phenoxy) is 1. The van der Waals surface area contributed by atoms with Crippen molar-refractivity contribution in [3.8, 4) is 5.75 Å². The number of amidine groups is 1. The summed E-state index contributed by atoms with van der Waals surface area (Å²) < 4.78 is 5.81. The van der Waals surface area contributed by atoms with Crippen LogP contribution in [-0.4, -0.2) is 28.9 Å². The number of hydrogen-bond acceptors (Lipinski definition) is 5. The van der Waals surface area contributed by atoms with Crippen molar-refractivity contribution in [3.63, 3.8) is 0 Å². The van der Waals surface area contributed by atoms with Crippen LogP contribution >= 0.6 is 0 Å². The van der Waals surface area contributed by atoms with E-state index in [9.17, 15) is 10.0 Å². The number of hydroxylamine groups is 1. The average molecular weight is 426 g/mol. The van der Waals surface area contributed by atoms with Gasteiger partial charge in [0.05, 0.1) is 12.3 Å². The molecule has 1 heterocycles. The van der Waals surface area contributed by atoms with Crippen LogP contribution in [0, 0.1) is 0 Å². The fraction of sp³-hybridized carbons (Fsp3) is 0.480. The highest BCUT2D eigenvalue weighted by Crippen LogP contribution is 2.20. The van der Waals surface area contributed by atoms with Gasteiger partial charge < -0.3 is 4.74 Å². The number of benzene rings is 1. The zero-order chi connectivity index (χ0) is 22.2. The van der Waals surface area contributed by atoms with Gasteiger partial charge in [0, 0.05) is 11.8 Å². The number of aliphatic imine (C=N–C) groups is 1. The monoisotopic (exact) mass is 425 g/mol. The number of nitrogens with one attached hydrogen (secondary N) is 1. The zero-order valence-electron chi connectivity index (χ0n) is 18.6. The van der Waals surface area contributed by atoms with Crippen molar-refractivity contribution in [3.05, 3.63) is 53.9 Å². The van der Waals surface area contributed by atoms with Gasteiger partial charge in [-0.05, 0) is 42.8 Å². The van der Waals surface area contributed by atoms with Crippen molar-refractivity contribution in [2.24, 2.45) is 4.99 Å². The highest BCUT2D eigenvalue weighted by Gasteiger charge is 2.10. The van der Waals surface area contributed by atoms with Crippen molar-refractivity contribution in [2.75, 3.05) is 6.61 Å². The maximum atomic E-state index is 11.2. The van der Waals surface area contributed by atoms with Gasteiger partial charge in [0.25, 0.3) is 0 Å². The summed E-state index contributed by atoms with van der Waals surface area (Å²) in [6, 6.07) is 10.6. The largest absolute Gasteiger partial charge is 0.494 e. The van der Waals surface area contributed by atoms with Crippen LogP contribution in [0.1, 0.15) is 87.2 Å². The van der Waals surface area contributed by atoms with Gasteiger partial charge in [-0.2, -0.15) is 0 Å². The number of aromatic nitrogens is 1. The van der Waals surface area contributed by atoms with Crippen LogP contribution in [0.2, 0.25) is 0 Å². The Kier molecular flexibility index (Phi) is 12.0. The fourth-order valence-corrected chi connectivity index (χ4v) is 3.37. The maximum Gasteiger partial charge on any atom is 0.177 e. The van der Waals surface area contributed by atoms with Crippen LogP contribution in [0.4, 0.5) is 5.69 Å². The minimum absolute atomic E-state index is 0.113. The number of carbonyl (C=O) groups excluding carboxylic acids is 1. The van der Waals surface area contributed by atoms with E-state index in [1.807, 2.05) is 17.6 Å². The first-order chi connectivity index (χ1) is 15.3. The third kappa shape index (κ3) is 9.30. The van der Waals surface area contributed by atoms with E-state index in [1.54, 1.807) is 30.5 Å². The van der Waals surface area contributed by atoms with Crippen molar-refractivity contribution >= 4 is 17.8 Å². The average Bonchev–Trinajstić information content (AvgIpc) is 2.82. The Morgan fingerprint density at radius 2 is 1.65 bits per heavy atom. The number of rotatable bonds is 15. The molecule has 0 saturated carbocycles. The van der Waals surface area contributed by atoms with Crippen molar-refractivity contribution in [1.29, 1.82) is 0 Å². The molecule has 2 aromatic rings. The molecule has 0 bridgehead atoms. The summed E-state index contributed by atoms with van der Waals surface area (Å²) in [4.78, 5) is 19.6. The van der Waals surface area contributed by atoms with E-state index in [4.69, 9.17) is 4.74 Å². The van der Waals surface area contributed by atoms with Crippen molar-refractivity contribution in [1.82, 2.24) is 10.5 Å². The molecule has 0 saturated heterocycles. The predicted octanol–water partition coefficient (Wildman–Crippen LogP) is 6.25. The normalized spacial score (nSPS) is 11.4. The summed E-state index contributed by atoms with van der Waals surface area (Å²) in [5, 5.41) is 9.42. The fourth-order valence-electron chi connectivity index (χ4n) is 3.37. The lowest BCUT2D eigenvalue weighted by Gasteiger charge is -2.08. The first-order valence-corrected chi connectivity index (χ1v) is 11.4. The van der Waals surface area contributed by atoms with Gasteiger partial charge in [-0.3, -0.25) is 20.5 Å². The minimum atomic E-state index is 0.113. The molecule has 0 fully saturated rings. The molecule has 0 radical (unpaired) electrons. The molecule has 0 aliphatic carbocycles. The molecule has 0 spiro atoms. The summed E-state index contributed by atoms with van der Waals surface area (Å²) in [5.74, 6) is 0.904. The molecule has 2 rings (SSSR count). The molecule has 1 aromatic carbocycles. The molecule has 0 atom stereocenters. The van der Waals surface area contributed by atoms with Crippen LogP contribution in [0.3, 0.4) is 0 Å². The van der Waals surface area contributed by atoms with E-state index in [0.29, 0.717) is 29.8 Å².